The van der Waals surface area contributed by atoms with Gasteiger partial charge in [0.25, 0.3) is 0 Å². The molecule has 0 heterocycles. The second-order valence-electron chi connectivity index (χ2n) is 3.62. The summed E-state index contributed by atoms with van der Waals surface area (Å²) < 4.78 is 0. The third-order valence-corrected chi connectivity index (χ3v) is 2.37. The van der Waals surface area contributed by atoms with E-state index in [0.717, 1.165) is 25.2 Å². The molecular weight excluding hydrogens is 188 g/mol. The molecule has 0 bridgehead atoms. The molecule has 0 saturated carbocycles. The highest BCUT2D eigenvalue weighted by Crippen LogP contribution is 2.17. The molecule has 3 heteroatoms. The van der Waals surface area contributed by atoms with Gasteiger partial charge in [0.1, 0.15) is 5.75 Å². The van der Waals surface area contributed by atoms with Crippen LogP contribution in [0.15, 0.2) is 24.3 Å². The van der Waals surface area contributed by atoms with Gasteiger partial charge in [0.15, 0.2) is 0 Å². The van der Waals surface area contributed by atoms with Crippen molar-refractivity contribution in [2.75, 3.05) is 19.6 Å². The summed E-state index contributed by atoms with van der Waals surface area (Å²) >= 11 is 0. The highest BCUT2D eigenvalue weighted by molar-refractivity contribution is 5.28. The van der Waals surface area contributed by atoms with E-state index in [0.29, 0.717) is 5.75 Å². The second kappa shape index (κ2) is 6.43. The third-order valence-electron chi connectivity index (χ3n) is 2.37. The maximum Gasteiger partial charge on any atom is 0.115 e. The Labute approximate surface area is 91.5 Å². The summed E-state index contributed by atoms with van der Waals surface area (Å²) in [4.78, 5) is 0. The monoisotopic (exact) mass is 208 g/mol. The molecule has 3 nitrogen and oxygen atoms in total. The number of benzene rings is 1. The van der Waals surface area contributed by atoms with Gasteiger partial charge in [0.05, 0.1) is 0 Å². The number of likely N-dealkylation sites (N-methyl/N-ethyl adjacent to an activating group) is 1. The molecule has 0 aliphatic carbocycles. The minimum absolute atomic E-state index is 0.274. The van der Waals surface area contributed by atoms with E-state index in [9.17, 15) is 5.11 Å². The zero-order chi connectivity index (χ0) is 11.1. The fourth-order valence-corrected chi connectivity index (χ4v) is 1.47. The molecule has 3 N–H and O–H groups in total. The fourth-order valence-electron chi connectivity index (χ4n) is 1.47. The molecule has 15 heavy (non-hydrogen) atoms. The van der Waals surface area contributed by atoms with Crippen molar-refractivity contribution in [3.8, 4) is 5.75 Å². The topological polar surface area (TPSA) is 44.3 Å². The van der Waals surface area contributed by atoms with Crippen LogP contribution in [0.3, 0.4) is 0 Å². The van der Waals surface area contributed by atoms with Gasteiger partial charge in [-0.05, 0) is 31.2 Å². The molecule has 0 saturated heterocycles. The Bertz CT molecular complexity index is 289. The average molecular weight is 208 g/mol. The van der Waals surface area contributed by atoms with Crippen LogP contribution in [0.2, 0.25) is 0 Å². The van der Waals surface area contributed by atoms with Crippen LogP contribution in [0.1, 0.15) is 25.5 Å². The summed E-state index contributed by atoms with van der Waals surface area (Å²) in [6, 6.07) is 7.65. The Morgan fingerprint density at radius 3 is 2.80 bits per heavy atom. The Kier molecular flexibility index (Phi) is 5.15. The van der Waals surface area contributed by atoms with Crippen LogP contribution in [0, 0.1) is 0 Å². The van der Waals surface area contributed by atoms with E-state index < -0.39 is 0 Å². The number of rotatable bonds is 6. The lowest BCUT2D eigenvalue weighted by Crippen LogP contribution is -2.28. The second-order valence-corrected chi connectivity index (χ2v) is 3.62. The summed E-state index contributed by atoms with van der Waals surface area (Å²) in [6.45, 7) is 7.10. The molecule has 0 aromatic heterocycles. The van der Waals surface area contributed by atoms with Gasteiger partial charge in [-0.25, -0.2) is 0 Å². The Hall–Kier alpha value is -1.06. The molecule has 0 unspecified atom stereocenters. The SMILES string of the molecule is CCNCCN[C@@H](C)c1cccc(O)c1. The minimum Gasteiger partial charge on any atom is -0.508 e. The van der Waals surface area contributed by atoms with Gasteiger partial charge < -0.3 is 15.7 Å². The van der Waals surface area contributed by atoms with E-state index in [1.54, 1.807) is 12.1 Å². The van der Waals surface area contributed by atoms with E-state index in [1.165, 1.54) is 0 Å². The molecule has 0 spiro atoms. The van der Waals surface area contributed by atoms with Gasteiger partial charge in [-0.3, -0.25) is 0 Å². The lowest BCUT2D eigenvalue weighted by atomic mass is 10.1. The minimum atomic E-state index is 0.274. The zero-order valence-corrected chi connectivity index (χ0v) is 9.46. The normalized spacial score (nSPS) is 12.7. The average Bonchev–Trinajstić information content (AvgIpc) is 2.24. The summed E-state index contributed by atoms with van der Waals surface area (Å²) in [5, 5.41) is 16.0. The van der Waals surface area contributed by atoms with Gasteiger partial charge >= 0.3 is 0 Å². The molecule has 0 amide bonds. The van der Waals surface area contributed by atoms with Crippen LogP contribution < -0.4 is 10.6 Å². The first-order valence-corrected chi connectivity index (χ1v) is 5.47. The molecular formula is C12H20N2O. The summed E-state index contributed by atoms with van der Waals surface area (Å²) in [5.41, 5.74) is 1.12. The molecule has 84 valence electrons. The molecule has 0 aliphatic rings. The summed E-state index contributed by atoms with van der Waals surface area (Å²) in [7, 11) is 0. The standard InChI is InChI=1S/C12H20N2O/c1-3-13-7-8-14-10(2)11-5-4-6-12(15)9-11/h4-6,9-10,13-15H,3,7-8H2,1-2H3/t10-/m0/s1. The van der Waals surface area contributed by atoms with Crippen LogP contribution in [-0.2, 0) is 0 Å². The molecule has 1 aromatic carbocycles. The van der Waals surface area contributed by atoms with Crippen molar-refractivity contribution in [3.05, 3.63) is 29.8 Å². The van der Waals surface area contributed by atoms with Crippen molar-refractivity contribution in [2.45, 2.75) is 19.9 Å². The Balaban J connectivity index is 2.36. The Morgan fingerprint density at radius 1 is 1.33 bits per heavy atom. The number of phenols is 1. The first-order valence-electron chi connectivity index (χ1n) is 5.47. The lowest BCUT2D eigenvalue weighted by Gasteiger charge is -2.14. The van der Waals surface area contributed by atoms with E-state index in [-0.39, 0.29) is 6.04 Å². The molecule has 0 aliphatic heterocycles. The Morgan fingerprint density at radius 2 is 2.13 bits per heavy atom. The zero-order valence-electron chi connectivity index (χ0n) is 9.46. The highest BCUT2D eigenvalue weighted by atomic mass is 16.3. The molecule has 0 fully saturated rings. The maximum atomic E-state index is 9.33. The van der Waals surface area contributed by atoms with E-state index in [4.69, 9.17) is 0 Å². The molecule has 1 atom stereocenters. The number of phenolic OH excluding ortho intramolecular Hbond substituents is 1. The van der Waals surface area contributed by atoms with Crippen molar-refractivity contribution in [2.24, 2.45) is 0 Å². The summed E-state index contributed by atoms with van der Waals surface area (Å²) in [5.74, 6) is 0.327. The third kappa shape index (κ3) is 4.32. The molecule has 1 rings (SSSR count). The van der Waals surface area contributed by atoms with Gasteiger partial charge in [-0.2, -0.15) is 0 Å². The first kappa shape index (κ1) is 12.0. The highest BCUT2D eigenvalue weighted by Gasteiger charge is 2.03. The van der Waals surface area contributed by atoms with Crippen LogP contribution >= 0.6 is 0 Å². The van der Waals surface area contributed by atoms with Gasteiger partial charge in [0.2, 0.25) is 0 Å². The van der Waals surface area contributed by atoms with E-state index >= 15 is 0 Å². The number of nitrogens with one attached hydrogen (secondary N) is 2. The number of aromatic hydroxyl groups is 1. The number of hydrogen-bond donors (Lipinski definition) is 3. The van der Waals surface area contributed by atoms with Crippen molar-refractivity contribution in [1.29, 1.82) is 0 Å². The molecule has 1 aromatic rings. The van der Waals surface area contributed by atoms with Crippen LogP contribution in [0.5, 0.6) is 5.75 Å². The largest absolute Gasteiger partial charge is 0.508 e. The molecule has 0 radical (unpaired) electrons. The van der Waals surface area contributed by atoms with Crippen LogP contribution in [0.4, 0.5) is 0 Å². The van der Waals surface area contributed by atoms with Crippen LogP contribution in [-0.4, -0.2) is 24.7 Å². The smallest absolute Gasteiger partial charge is 0.115 e. The maximum absolute atomic E-state index is 9.33. The summed E-state index contributed by atoms with van der Waals surface area (Å²) in [6.07, 6.45) is 0. The van der Waals surface area contributed by atoms with Gasteiger partial charge in [-0.1, -0.05) is 19.1 Å². The van der Waals surface area contributed by atoms with Crippen LogP contribution in [0.25, 0.3) is 0 Å². The van der Waals surface area contributed by atoms with Crippen molar-refractivity contribution >= 4 is 0 Å². The van der Waals surface area contributed by atoms with E-state index in [2.05, 4.69) is 24.5 Å². The van der Waals surface area contributed by atoms with Crippen molar-refractivity contribution in [1.82, 2.24) is 10.6 Å². The predicted octanol–water partition coefficient (Wildman–Crippen LogP) is 1.65. The fraction of sp³-hybridized carbons (Fsp3) is 0.500. The predicted molar refractivity (Wildman–Crippen MR) is 63.1 cm³/mol. The quantitative estimate of drug-likeness (QED) is 0.623. The number of hydrogen-bond acceptors (Lipinski definition) is 3. The van der Waals surface area contributed by atoms with E-state index in [1.807, 2.05) is 12.1 Å². The van der Waals surface area contributed by atoms with Gasteiger partial charge in [-0.15, -0.1) is 0 Å². The van der Waals surface area contributed by atoms with Gasteiger partial charge in [0, 0.05) is 19.1 Å². The first-order chi connectivity index (χ1) is 7.24. The van der Waals surface area contributed by atoms with Crippen molar-refractivity contribution in [3.63, 3.8) is 0 Å². The van der Waals surface area contributed by atoms with Crippen molar-refractivity contribution < 1.29 is 5.11 Å². The lowest BCUT2D eigenvalue weighted by molar-refractivity contribution is 0.472.